The van der Waals surface area contributed by atoms with Crippen molar-refractivity contribution < 1.29 is 0 Å². The minimum Gasteiger partial charge on any atom is -0.399 e. The zero-order valence-electron chi connectivity index (χ0n) is 18.1. The molecule has 2 N–H and O–H groups in total. The molecule has 1 aliphatic heterocycles. The largest absolute Gasteiger partial charge is 0.399 e. The lowest BCUT2D eigenvalue weighted by atomic mass is 9.58. The van der Waals surface area contributed by atoms with Crippen molar-refractivity contribution in [3.05, 3.63) is 83.1 Å². The minimum absolute atomic E-state index is 0.0774. The number of allylic oxidation sites excluding steroid dienone is 2. The Morgan fingerprint density at radius 1 is 1.00 bits per heavy atom. The van der Waals surface area contributed by atoms with Gasteiger partial charge in [-0.1, -0.05) is 67.6 Å². The smallest absolute Gasteiger partial charge is 0.191 e. The van der Waals surface area contributed by atoms with Gasteiger partial charge in [-0.25, -0.2) is 0 Å². The molecular formula is C27H25N5. The molecule has 158 valence electrons. The van der Waals surface area contributed by atoms with E-state index < -0.39 is 11.3 Å². The van der Waals surface area contributed by atoms with Crippen LogP contribution >= 0.6 is 0 Å². The Labute approximate surface area is 189 Å². The maximum atomic E-state index is 10.2. The van der Waals surface area contributed by atoms with Crippen LogP contribution in [0, 0.1) is 45.3 Å². The fraction of sp³-hybridized carbons (Fsp3) is 0.296. The van der Waals surface area contributed by atoms with Crippen molar-refractivity contribution in [3.63, 3.8) is 0 Å². The minimum atomic E-state index is -1.59. The quantitative estimate of drug-likeness (QED) is 0.787. The molecule has 0 aromatic heterocycles. The predicted octanol–water partition coefficient (Wildman–Crippen LogP) is 4.49. The van der Waals surface area contributed by atoms with Gasteiger partial charge < -0.3 is 5.73 Å². The van der Waals surface area contributed by atoms with E-state index in [9.17, 15) is 15.8 Å². The zero-order valence-corrected chi connectivity index (χ0v) is 18.1. The second-order valence-corrected chi connectivity index (χ2v) is 8.42. The van der Waals surface area contributed by atoms with E-state index in [1.54, 1.807) is 0 Å². The highest BCUT2D eigenvalue weighted by atomic mass is 15.1. The number of nitrogens with zero attached hydrogens (tertiary/aromatic N) is 4. The Morgan fingerprint density at radius 2 is 1.66 bits per heavy atom. The van der Waals surface area contributed by atoms with Crippen molar-refractivity contribution in [2.24, 2.45) is 17.1 Å². The first kappa shape index (κ1) is 21.4. The van der Waals surface area contributed by atoms with Crippen molar-refractivity contribution in [1.82, 2.24) is 4.90 Å². The molecule has 2 aliphatic rings. The van der Waals surface area contributed by atoms with Gasteiger partial charge in [0, 0.05) is 24.9 Å². The van der Waals surface area contributed by atoms with Crippen LogP contribution in [0.3, 0.4) is 0 Å². The van der Waals surface area contributed by atoms with Crippen LogP contribution in [0.15, 0.2) is 77.5 Å². The average molecular weight is 420 g/mol. The maximum absolute atomic E-state index is 10.2. The van der Waals surface area contributed by atoms with Gasteiger partial charge in [-0.15, -0.1) is 0 Å². The number of rotatable bonds is 4. The lowest BCUT2D eigenvalue weighted by Crippen LogP contribution is -2.48. The van der Waals surface area contributed by atoms with Gasteiger partial charge in [0.2, 0.25) is 0 Å². The van der Waals surface area contributed by atoms with Crippen molar-refractivity contribution >= 4 is 0 Å². The summed E-state index contributed by atoms with van der Waals surface area (Å²) in [4.78, 5) is 2.31. The molecule has 0 unspecified atom stereocenters. The molecule has 0 amide bonds. The molecule has 2 aromatic rings. The summed E-state index contributed by atoms with van der Waals surface area (Å²) in [5, 5.41) is 30.3. The summed E-state index contributed by atoms with van der Waals surface area (Å²) in [6, 6.07) is 24.7. The first-order valence-corrected chi connectivity index (χ1v) is 10.9. The topological polar surface area (TPSA) is 101 Å². The summed E-state index contributed by atoms with van der Waals surface area (Å²) in [6.45, 7) is 4.48. The van der Waals surface area contributed by atoms with Gasteiger partial charge in [0.25, 0.3) is 0 Å². The van der Waals surface area contributed by atoms with Gasteiger partial charge in [0.05, 0.1) is 23.4 Å². The lowest BCUT2D eigenvalue weighted by Gasteiger charge is -2.45. The van der Waals surface area contributed by atoms with Crippen LogP contribution in [0.2, 0.25) is 0 Å². The van der Waals surface area contributed by atoms with Crippen molar-refractivity contribution in [3.8, 4) is 29.3 Å². The summed E-state index contributed by atoms with van der Waals surface area (Å²) in [6.07, 6.45) is 3.07. The van der Waals surface area contributed by atoms with E-state index >= 15 is 0 Å². The molecule has 2 aromatic carbocycles. The maximum Gasteiger partial charge on any atom is 0.191 e. The molecule has 5 nitrogen and oxygen atoms in total. The summed E-state index contributed by atoms with van der Waals surface area (Å²) >= 11 is 0. The molecular weight excluding hydrogens is 394 g/mol. The highest BCUT2D eigenvalue weighted by Crippen LogP contribution is 2.54. The molecule has 0 bridgehead atoms. The fourth-order valence-electron chi connectivity index (χ4n) is 5.13. The molecule has 32 heavy (non-hydrogen) atoms. The number of hydrogen-bond donors (Lipinski definition) is 1. The van der Waals surface area contributed by atoms with E-state index in [4.69, 9.17) is 5.73 Å². The van der Waals surface area contributed by atoms with Crippen LogP contribution in [-0.2, 0) is 0 Å². The van der Waals surface area contributed by atoms with Gasteiger partial charge in [-0.2, -0.15) is 15.8 Å². The van der Waals surface area contributed by atoms with Crippen LogP contribution in [0.4, 0.5) is 0 Å². The SMILES string of the molecule is CCCN1CC=C2C(C#N)=C(N)C(C#N)(C#N)[C@@H](c3ccc(-c4ccccc4)cc3)[C@H]2C1. The van der Waals surface area contributed by atoms with Gasteiger partial charge >= 0.3 is 0 Å². The normalized spacial score (nSPS) is 22.1. The van der Waals surface area contributed by atoms with E-state index in [1.165, 1.54) is 0 Å². The molecule has 0 spiro atoms. The van der Waals surface area contributed by atoms with Crippen molar-refractivity contribution in [1.29, 1.82) is 15.8 Å². The number of nitriles is 3. The van der Waals surface area contributed by atoms with Gasteiger partial charge in [-0.3, -0.25) is 4.90 Å². The summed E-state index contributed by atoms with van der Waals surface area (Å²) in [5.74, 6) is -0.607. The molecule has 5 heteroatoms. The molecule has 0 fully saturated rings. The molecule has 0 radical (unpaired) electrons. The van der Waals surface area contributed by atoms with Crippen LogP contribution in [0.25, 0.3) is 11.1 Å². The lowest BCUT2D eigenvalue weighted by molar-refractivity contribution is 0.207. The van der Waals surface area contributed by atoms with Crippen LogP contribution in [0.1, 0.15) is 24.8 Å². The third-order valence-electron chi connectivity index (χ3n) is 6.66. The van der Waals surface area contributed by atoms with E-state index in [2.05, 4.69) is 48.2 Å². The van der Waals surface area contributed by atoms with Gasteiger partial charge in [-0.05, 0) is 35.2 Å². The number of fused-ring (bicyclic) bond motifs is 1. The molecule has 0 saturated heterocycles. The number of nitrogens with two attached hydrogens (primary N) is 1. The Balaban J connectivity index is 1.86. The summed E-state index contributed by atoms with van der Waals surface area (Å²) < 4.78 is 0. The second kappa shape index (κ2) is 8.72. The Hall–Kier alpha value is -3.85. The standard InChI is InChI=1S/C27H25N5/c1-2-13-32-14-12-22-23(15-28)26(31)27(17-29,18-30)25(24(22)16-32)21-10-8-20(9-11-21)19-6-4-3-5-7-19/h3-12,24-25H,2,13-14,16,31H2,1H3/t24-,25-/m0/s1. The van der Waals surface area contributed by atoms with Crippen LogP contribution in [-0.4, -0.2) is 24.5 Å². The van der Waals surface area contributed by atoms with Gasteiger partial charge in [0.15, 0.2) is 5.41 Å². The molecule has 0 saturated carbocycles. The van der Waals surface area contributed by atoms with E-state index in [0.29, 0.717) is 12.1 Å². The van der Waals surface area contributed by atoms with Crippen LogP contribution < -0.4 is 5.73 Å². The first-order valence-electron chi connectivity index (χ1n) is 10.9. The monoisotopic (exact) mass is 419 g/mol. The third kappa shape index (κ3) is 3.36. The van der Waals surface area contributed by atoms with E-state index in [-0.39, 0.29) is 11.6 Å². The number of hydrogen-bond acceptors (Lipinski definition) is 5. The third-order valence-corrected chi connectivity index (χ3v) is 6.66. The van der Waals surface area contributed by atoms with Crippen molar-refractivity contribution in [2.45, 2.75) is 19.3 Å². The second-order valence-electron chi connectivity index (χ2n) is 8.42. The van der Waals surface area contributed by atoms with Gasteiger partial charge in [0.1, 0.15) is 6.07 Å². The zero-order chi connectivity index (χ0) is 22.7. The predicted molar refractivity (Wildman–Crippen MR) is 123 cm³/mol. The van der Waals surface area contributed by atoms with E-state index in [0.717, 1.165) is 41.8 Å². The summed E-state index contributed by atoms with van der Waals surface area (Å²) in [7, 11) is 0. The Bertz CT molecular complexity index is 1170. The molecule has 1 heterocycles. The van der Waals surface area contributed by atoms with Crippen molar-refractivity contribution in [2.75, 3.05) is 19.6 Å². The summed E-state index contributed by atoms with van der Waals surface area (Å²) in [5.41, 5.74) is 9.12. The average Bonchev–Trinajstić information content (AvgIpc) is 2.84. The Morgan fingerprint density at radius 3 is 2.25 bits per heavy atom. The number of benzene rings is 2. The highest BCUT2D eigenvalue weighted by Gasteiger charge is 2.54. The molecule has 1 aliphatic carbocycles. The Kier molecular flexibility index (Phi) is 5.83. The highest BCUT2D eigenvalue weighted by molar-refractivity contribution is 5.65. The van der Waals surface area contributed by atoms with Crippen LogP contribution in [0.5, 0.6) is 0 Å². The molecule has 2 atom stereocenters. The first-order chi connectivity index (χ1) is 15.6. The van der Waals surface area contributed by atoms with E-state index in [1.807, 2.05) is 42.5 Å². The molecule has 4 rings (SSSR count). The fourth-order valence-corrected chi connectivity index (χ4v) is 5.13.